The number of rotatable bonds is 7. The first-order valence-corrected chi connectivity index (χ1v) is 8.14. The molecule has 0 unspecified atom stereocenters. The number of anilines is 2. The van der Waals surface area contributed by atoms with E-state index in [0.717, 1.165) is 17.5 Å². The summed E-state index contributed by atoms with van der Waals surface area (Å²) in [6.45, 7) is 3.78. The molecule has 2 aromatic rings. The summed E-state index contributed by atoms with van der Waals surface area (Å²) in [5.41, 5.74) is 8.66. The van der Waals surface area contributed by atoms with E-state index < -0.39 is 0 Å². The first kappa shape index (κ1) is 18.5. The van der Waals surface area contributed by atoms with Gasteiger partial charge in [0.05, 0.1) is 6.54 Å². The average Bonchev–Trinajstić information content (AvgIpc) is 2.61. The summed E-state index contributed by atoms with van der Waals surface area (Å²) in [6.07, 6.45) is 0.755. The fourth-order valence-corrected chi connectivity index (χ4v) is 2.26. The lowest BCUT2D eigenvalue weighted by atomic mass is 10.1. The number of benzene rings is 2. The number of hydrogen-bond donors (Lipinski definition) is 3. The molecular formula is C19H23N3O3. The molecule has 2 amide bonds. The third kappa shape index (κ3) is 5.61. The largest absolute Gasteiger partial charge is 0.484 e. The highest BCUT2D eigenvalue weighted by Gasteiger charge is 2.09. The van der Waals surface area contributed by atoms with Crippen LogP contribution in [0.3, 0.4) is 0 Å². The fourth-order valence-electron chi connectivity index (χ4n) is 2.26. The minimum absolute atomic E-state index is 0.0931. The lowest BCUT2D eigenvalue weighted by Crippen LogP contribution is -2.23. The minimum atomic E-state index is -0.277. The maximum atomic E-state index is 12.1. The van der Waals surface area contributed by atoms with Crippen molar-refractivity contribution in [3.8, 4) is 5.75 Å². The van der Waals surface area contributed by atoms with Gasteiger partial charge in [-0.1, -0.05) is 30.7 Å². The molecule has 6 nitrogen and oxygen atoms in total. The van der Waals surface area contributed by atoms with Crippen molar-refractivity contribution in [3.63, 3.8) is 0 Å². The normalized spacial score (nSPS) is 10.2. The van der Waals surface area contributed by atoms with Gasteiger partial charge in [0.15, 0.2) is 6.61 Å². The van der Waals surface area contributed by atoms with Crippen molar-refractivity contribution in [3.05, 3.63) is 53.6 Å². The molecule has 0 aliphatic carbocycles. The van der Waals surface area contributed by atoms with Gasteiger partial charge in [0.25, 0.3) is 5.91 Å². The highest BCUT2D eigenvalue weighted by molar-refractivity contribution is 5.95. The Morgan fingerprint density at radius 1 is 1.04 bits per heavy atom. The summed E-state index contributed by atoms with van der Waals surface area (Å²) in [6, 6.07) is 12.9. The number of amides is 2. The van der Waals surface area contributed by atoms with Crippen molar-refractivity contribution >= 4 is 23.2 Å². The standard InChI is InChI=1S/C19H23N3O3/c1-3-14-6-7-15(10-17(14)22-18(23)11-20)21-19(24)12-25-16-8-4-13(2)5-9-16/h4-10H,3,11-12,20H2,1-2H3,(H,21,24)(H,22,23). The van der Waals surface area contributed by atoms with Crippen LogP contribution >= 0.6 is 0 Å². The molecule has 6 heteroatoms. The average molecular weight is 341 g/mol. The van der Waals surface area contributed by atoms with Crippen molar-refractivity contribution in [2.75, 3.05) is 23.8 Å². The van der Waals surface area contributed by atoms with Crippen LogP contribution in [0.4, 0.5) is 11.4 Å². The second kappa shape index (κ2) is 8.84. The Morgan fingerprint density at radius 2 is 1.76 bits per heavy atom. The van der Waals surface area contributed by atoms with Crippen molar-refractivity contribution in [2.45, 2.75) is 20.3 Å². The Labute approximate surface area is 147 Å². The van der Waals surface area contributed by atoms with Crippen LogP contribution in [0.1, 0.15) is 18.1 Å². The van der Waals surface area contributed by atoms with Crippen molar-refractivity contribution in [2.24, 2.45) is 5.73 Å². The monoisotopic (exact) mass is 341 g/mol. The number of carbonyl (C=O) groups excluding carboxylic acids is 2. The second-order valence-electron chi connectivity index (χ2n) is 5.63. The lowest BCUT2D eigenvalue weighted by molar-refractivity contribution is -0.118. The highest BCUT2D eigenvalue weighted by atomic mass is 16.5. The van der Waals surface area contributed by atoms with Crippen LogP contribution in [0.2, 0.25) is 0 Å². The van der Waals surface area contributed by atoms with E-state index in [-0.39, 0.29) is 25.0 Å². The predicted molar refractivity (Wildman–Crippen MR) is 98.8 cm³/mol. The zero-order chi connectivity index (χ0) is 18.2. The van der Waals surface area contributed by atoms with Crippen LogP contribution < -0.4 is 21.1 Å². The Kier molecular flexibility index (Phi) is 6.54. The second-order valence-corrected chi connectivity index (χ2v) is 5.63. The van der Waals surface area contributed by atoms with Crippen LogP contribution in [0.25, 0.3) is 0 Å². The van der Waals surface area contributed by atoms with Crippen LogP contribution in [-0.2, 0) is 16.0 Å². The van der Waals surface area contributed by atoms with Gasteiger partial charge in [-0.2, -0.15) is 0 Å². The topological polar surface area (TPSA) is 93.5 Å². The molecule has 0 fully saturated rings. The zero-order valence-electron chi connectivity index (χ0n) is 14.5. The van der Waals surface area contributed by atoms with Crippen LogP contribution in [0.15, 0.2) is 42.5 Å². The van der Waals surface area contributed by atoms with Gasteiger partial charge in [0, 0.05) is 11.4 Å². The molecule has 0 bridgehead atoms. The first-order chi connectivity index (χ1) is 12.0. The number of carbonyl (C=O) groups is 2. The Bertz CT molecular complexity index is 742. The van der Waals surface area contributed by atoms with E-state index >= 15 is 0 Å². The first-order valence-electron chi connectivity index (χ1n) is 8.14. The molecule has 4 N–H and O–H groups in total. The predicted octanol–water partition coefficient (Wildman–Crippen LogP) is 2.47. The third-order valence-corrected chi connectivity index (χ3v) is 3.62. The van der Waals surface area contributed by atoms with E-state index in [1.165, 1.54) is 0 Å². The summed E-state index contributed by atoms with van der Waals surface area (Å²) in [5, 5.41) is 5.50. The van der Waals surface area contributed by atoms with Gasteiger partial charge in [0.1, 0.15) is 5.75 Å². The van der Waals surface area contributed by atoms with Gasteiger partial charge in [-0.15, -0.1) is 0 Å². The van der Waals surface area contributed by atoms with Gasteiger partial charge in [-0.3, -0.25) is 9.59 Å². The number of nitrogens with one attached hydrogen (secondary N) is 2. The summed E-state index contributed by atoms with van der Waals surface area (Å²) < 4.78 is 5.45. The fraction of sp³-hybridized carbons (Fsp3) is 0.263. The number of nitrogens with two attached hydrogens (primary N) is 1. The van der Waals surface area contributed by atoms with E-state index in [1.54, 1.807) is 12.1 Å². The number of aryl methyl sites for hydroxylation is 2. The molecule has 0 aromatic heterocycles. The van der Waals surface area contributed by atoms with Crippen molar-refractivity contribution in [1.29, 1.82) is 0 Å². The van der Waals surface area contributed by atoms with Crippen molar-refractivity contribution in [1.82, 2.24) is 0 Å². The molecule has 0 saturated heterocycles. The van der Waals surface area contributed by atoms with Crippen LogP contribution in [-0.4, -0.2) is 25.0 Å². The van der Waals surface area contributed by atoms with Gasteiger partial charge in [-0.25, -0.2) is 0 Å². The Balaban J connectivity index is 1.98. The summed E-state index contributed by atoms with van der Waals surface area (Å²) >= 11 is 0. The quantitative estimate of drug-likeness (QED) is 0.721. The van der Waals surface area contributed by atoms with Crippen LogP contribution in [0, 0.1) is 6.92 Å². The molecule has 0 aliphatic rings. The summed E-state index contributed by atoms with van der Waals surface area (Å²) in [7, 11) is 0. The van der Waals surface area contributed by atoms with Gasteiger partial charge < -0.3 is 21.1 Å². The Hall–Kier alpha value is -2.86. The molecule has 132 valence electrons. The molecule has 0 heterocycles. The lowest BCUT2D eigenvalue weighted by Gasteiger charge is -2.13. The molecule has 0 atom stereocenters. The summed E-state index contributed by atoms with van der Waals surface area (Å²) in [4.78, 5) is 23.6. The molecule has 0 spiro atoms. The number of ether oxygens (including phenoxy) is 1. The maximum absolute atomic E-state index is 12.1. The molecule has 0 saturated carbocycles. The van der Waals surface area contributed by atoms with Gasteiger partial charge >= 0.3 is 0 Å². The van der Waals surface area contributed by atoms with E-state index in [4.69, 9.17) is 10.5 Å². The molecule has 0 radical (unpaired) electrons. The zero-order valence-corrected chi connectivity index (χ0v) is 14.5. The molecule has 0 aliphatic heterocycles. The van der Waals surface area contributed by atoms with E-state index in [9.17, 15) is 9.59 Å². The van der Waals surface area contributed by atoms with Gasteiger partial charge in [0.2, 0.25) is 5.91 Å². The molecule has 25 heavy (non-hydrogen) atoms. The molecular weight excluding hydrogens is 318 g/mol. The van der Waals surface area contributed by atoms with E-state index in [1.807, 2.05) is 44.2 Å². The third-order valence-electron chi connectivity index (χ3n) is 3.62. The maximum Gasteiger partial charge on any atom is 0.262 e. The van der Waals surface area contributed by atoms with Gasteiger partial charge in [-0.05, 0) is 43.2 Å². The van der Waals surface area contributed by atoms with E-state index in [0.29, 0.717) is 17.1 Å². The van der Waals surface area contributed by atoms with E-state index in [2.05, 4.69) is 10.6 Å². The number of hydrogen-bond acceptors (Lipinski definition) is 4. The smallest absolute Gasteiger partial charge is 0.262 e. The molecule has 2 aromatic carbocycles. The highest BCUT2D eigenvalue weighted by Crippen LogP contribution is 2.22. The van der Waals surface area contributed by atoms with Crippen LogP contribution in [0.5, 0.6) is 5.75 Å². The minimum Gasteiger partial charge on any atom is -0.484 e. The SMILES string of the molecule is CCc1ccc(NC(=O)COc2ccc(C)cc2)cc1NC(=O)CN. The van der Waals surface area contributed by atoms with Crippen molar-refractivity contribution < 1.29 is 14.3 Å². The summed E-state index contributed by atoms with van der Waals surface area (Å²) in [5.74, 6) is 0.0831. The Morgan fingerprint density at radius 3 is 2.40 bits per heavy atom. The molecule has 2 rings (SSSR count).